The normalized spacial score (nSPS) is 10.9. The fourth-order valence-electron chi connectivity index (χ4n) is 2.74. The molecule has 1 aromatic rings. The first-order valence-electron chi connectivity index (χ1n) is 10.3. The van der Waals surface area contributed by atoms with Crippen molar-refractivity contribution in [1.82, 2.24) is 0 Å². The first-order chi connectivity index (χ1) is 13.2. The summed E-state index contributed by atoms with van der Waals surface area (Å²) in [4.78, 5) is 10.3. The van der Waals surface area contributed by atoms with Crippen molar-refractivity contribution in [3.8, 4) is 5.75 Å². The average molecular weight is 381 g/mol. The molecule has 1 N–H and O–H groups in total. The minimum atomic E-state index is -0.849. The van der Waals surface area contributed by atoms with E-state index in [0.717, 1.165) is 12.2 Å². The Balaban J connectivity index is 1.97. The third kappa shape index (κ3) is 14.2. The molecule has 5 nitrogen and oxygen atoms in total. The van der Waals surface area contributed by atoms with Gasteiger partial charge >= 0.3 is 5.97 Å². The molecule has 0 aliphatic heterocycles. The van der Waals surface area contributed by atoms with Gasteiger partial charge in [0.2, 0.25) is 0 Å². The Morgan fingerprint density at radius 2 is 1.41 bits per heavy atom. The van der Waals surface area contributed by atoms with Crippen molar-refractivity contribution in [2.45, 2.75) is 64.7 Å². The zero-order valence-corrected chi connectivity index (χ0v) is 16.8. The van der Waals surface area contributed by atoms with Crippen molar-refractivity contribution in [2.24, 2.45) is 0 Å². The second-order valence-electron chi connectivity index (χ2n) is 6.73. The number of carboxylic acids is 1. The lowest BCUT2D eigenvalue weighted by Crippen LogP contribution is -2.12. The summed E-state index contributed by atoms with van der Waals surface area (Å²) >= 11 is 0. The summed E-state index contributed by atoms with van der Waals surface area (Å²) < 4.78 is 16.2. The van der Waals surface area contributed by atoms with E-state index in [0.29, 0.717) is 26.4 Å². The molecule has 0 aliphatic rings. The number of aryl methyl sites for hydroxylation is 1. The SMILES string of the molecule is CCCCCCCCCc1ccc(OCCOCCOCCC(=O)O)cc1. The highest BCUT2D eigenvalue weighted by Gasteiger charge is 1.99. The van der Waals surface area contributed by atoms with Gasteiger partial charge in [0.25, 0.3) is 0 Å². The fraction of sp³-hybridized carbons (Fsp3) is 0.682. The molecular weight excluding hydrogens is 344 g/mol. The van der Waals surface area contributed by atoms with Crippen LogP contribution in [0.5, 0.6) is 5.75 Å². The van der Waals surface area contributed by atoms with Crippen LogP contribution in [-0.4, -0.2) is 44.1 Å². The molecule has 0 atom stereocenters. The number of rotatable bonds is 18. The summed E-state index contributed by atoms with van der Waals surface area (Å²) in [5.41, 5.74) is 1.37. The molecule has 0 aliphatic carbocycles. The van der Waals surface area contributed by atoms with E-state index in [1.165, 1.54) is 50.5 Å². The summed E-state index contributed by atoms with van der Waals surface area (Å²) in [5.74, 6) is 0.0115. The van der Waals surface area contributed by atoms with E-state index in [1.807, 2.05) is 12.1 Å². The Morgan fingerprint density at radius 1 is 0.815 bits per heavy atom. The third-order valence-electron chi connectivity index (χ3n) is 4.32. The first-order valence-corrected chi connectivity index (χ1v) is 10.3. The maximum absolute atomic E-state index is 10.3. The number of hydrogen-bond donors (Lipinski definition) is 1. The van der Waals surface area contributed by atoms with Gasteiger partial charge in [-0.3, -0.25) is 4.79 Å². The van der Waals surface area contributed by atoms with Crippen molar-refractivity contribution in [3.05, 3.63) is 29.8 Å². The largest absolute Gasteiger partial charge is 0.491 e. The number of ether oxygens (including phenoxy) is 3. The van der Waals surface area contributed by atoms with Crippen LogP contribution in [0.15, 0.2) is 24.3 Å². The van der Waals surface area contributed by atoms with Crippen molar-refractivity contribution >= 4 is 5.97 Å². The quantitative estimate of drug-likeness (QED) is 0.368. The zero-order chi connectivity index (χ0) is 19.6. The van der Waals surface area contributed by atoms with Crippen LogP contribution in [0.1, 0.15) is 63.9 Å². The number of carboxylic acid groups (broad SMARTS) is 1. The molecule has 1 aromatic carbocycles. The van der Waals surface area contributed by atoms with E-state index in [1.54, 1.807) is 0 Å². The lowest BCUT2D eigenvalue weighted by molar-refractivity contribution is -0.138. The van der Waals surface area contributed by atoms with Crippen LogP contribution in [0, 0.1) is 0 Å². The molecule has 5 heteroatoms. The maximum atomic E-state index is 10.3. The van der Waals surface area contributed by atoms with E-state index in [2.05, 4.69) is 19.1 Å². The van der Waals surface area contributed by atoms with Gasteiger partial charge in [-0.25, -0.2) is 0 Å². The van der Waals surface area contributed by atoms with Crippen molar-refractivity contribution in [2.75, 3.05) is 33.0 Å². The maximum Gasteiger partial charge on any atom is 0.305 e. The Hall–Kier alpha value is -1.59. The number of unbranched alkanes of at least 4 members (excludes halogenated alkanes) is 6. The minimum absolute atomic E-state index is 0.0259. The van der Waals surface area contributed by atoms with Gasteiger partial charge in [0.15, 0.2) is 0 Å². The Labute approximate surface area is 164 Å². The molecule has 0 aromatic heterocycles. The van der Waals surface area contributed by atoms with Gasteiger partial charge in [-0.15, -0.1) is 0 Å². The highest BCUT2D eigenvalue weighted by molar-refractivity contribution is 5.66. The van der Waals surface area contributed by atoms with Crippen LogP contribution in [-0.2, 0) is 20.7 Å². The first kappa shape index (κ1) is 23.4. The van der Waals surface area contributed by atoms with E-state index in [9.17, 15) is 4.79 Å². The minimum Gasteiger partial charge on any atom is -0.491 e. The van der Waals surface area contributed by atoms with Crippen LogP contribution in [0.25, 0.3) is 0 Å². The van der Waals surface area contributed by atoms with Crippen LogP contribution >= 0.6 is 0 Å². The summed E-state index contributed by atoms with van der Waals surface area (Å²) in [6.45, 7) is 4.30. The highest BCUT2D eigenvalue weighted by Crippen LogP contribution is 2.15. The van der Waals surface area contributed by atoms with E-state index < -0.39 is 5.97 Å². The van der Waals surface area contributed by atoms with Gasteiger partial charge in [-0.2, -0.15) is 0 Å². The molecule has 0 fully saturated rings. The Bertz CT molecular complexity index is 472. The lowest BCUT2D eigenvalue weighted by Gasteiger charge is -2.08. The fourth-order valence-corrected chi connectivity index (χ4v) is 2.74. The molecule has 0 amide bonds. The molecule has 0 spiro atoms. The predicted molar refractivity (Wildman–Crippen MR) is 108 cm³/mol. The summed E-state index contributed by atoms with van der Waals surface area (Å²) in [5, 5.41) is 8.47. The van der Waals surface area contributed by atoms with E-state index in [-0.39, 0.29) is 13.0 Å². The second-order valence-corrected chi connectivity index (χ2v) is 6.73. The van der Waals surface area contributed by atoms with Gasteiger partial charge in [0.1, 0.15) is 12.4 Å². The summed E-state index contributed by atoms with van der Waals surface area (Å²) in [6.07, 6.45) is 10.5. The van der Waals surface area contributed by atoms with Gasteiger partial charge in [-0.05, 0) is 30.5 Å². The molecule has 27 heavy (non-hydrogen) atoms. The summed E-state index contributed by atoms with van der Waals surface area (Å²) in [6, 6.07) is 8.32. The molecule has 0 heterocycles. The van der Waals surface area contributed by atoms with Crippen LogP contribution < -0.4 is 4.74 Å². The smallest absolute Gasteiger partial charge is 0.305 e. The standard InChI is InChI=1S/C22H36O5/c1-2-3-4-5-6-7-8-9-20-10-12-21(13-11-20)27-19-18-26-17-16-25-15-14-22(23)24/h10-13H,2-9,14-19H2,1H3,(H,23,24). The van der Waals surface area contributed by atoms with Crippen LogP contribution in [0.2, 0.25) is 0 Å². The van der Waals surface area contributed by atoms with Gasteiger partial charge in [-0.1, -0.05) is 57.6 Å². The molecule has 0 bridgehead atoms. The topological polar surface area (TPSA) is 65.0 Å². The predicted octanol–water partition coefficient (Wildman–Crippen LogP) is 4.87. The highest BCUT2D eigenvalue weighted by atomic mass is 16.5. The van der Waals surface area contributed by atoms with Crippen LogP contribution in [0.3, 0.4) is 0 Å². The molecule has 0 radical (unpaired) electrons. The van der Waals surface area contributed by atoms with Crippen LogP contribution in [0.4, 0.5) is 0 Å². The monoisotopic (exact) mass is 380 g/mol. The lowest BCUT2D eigenvalue weighted by atomic mass is 10.0. The third-order valence-corrected chi connectivity index (χ3v) is 4.32. The number of benzene rings is 1. The molecule has 0 saturated carbocycles. The number of hydrogen-bond acceptors (Lipinski definition) is 4. The Kier molecular flexibility index (Phi) is 14.4. The van der Waals surface area contributed by atoms with Crippen molar-refractivity contribution in [1.29, 1.82) is 0 Å². The summed E-state index contributed by atoms with van der Waals surface area (Å²) in [7, 11) is 0. The van der Waals surface area contributed by atoms with Gasteiger partial charge in [0.05, 0.1) is 32.8 Å². The average Bonchev–Trinajstić information content (AvgIpc) is 2.67. The van der Waals surface area contributed by atoms with E-state index in [4.69, 9.17) is 19.3 Å². The number of carbonyl (C=O) groups is 1. The molecular formula is C22H36O5. The van der Waals surface area contributed by atoms with Crippen molar-refractivity contribution < 1.29 is 24.1 Å². The Morgan fingerprint density at radius 3 is 2.07 bits per heavy atom. The molecule has 1 rings (SSSR count). The number of aliphatic carboxylic acids is 1. The molecule has 0 saturated heterocycles. The zero-order valence-electron chi connectivity index (χ0n) is 16.8. The molecule has 0 unspecified atom stereocenters. The van der Waals surface area contributed by atoms with Crippen molar-refractivity contribution in [3.63, 3.8) is 0 Å². The van der Waals surface area contributed by atoms with Gasteiger partial charge in [0, 0.05) is 0 Å². The van der Waals surface area contributed by atoms with E-state index >= 15 is 0 Å². The second kappa shape index (κ2) is 16.6. The van der Waals surface area contributed by atoms with Gasteiger partial charge < -0.3 is 19.3 Å². The molecule has 154 valence electrons.